The molecule has 0 atom stereocenters. The number of aryl methyl sites for hydroxylation is 1. The van der Waals surface area contributed by atoms with E-state index in [9.17, 15) is 4.79 Å². The van der Waals surface area contributed by atoms with E-state index in [0.29, 0.717) is 12.4 Å². The van der Waals surface area contributed by atoms with Gasteiger partial charge in [0.15, 0.2) is 23.6 Å². The molecule has 0 saturated carbocycles. The molecule has 0 aliphatic heterocycles. The molecule has 4 nitrogen and oxygen atoms in total. The Morgan fingerprint density at radius 2 is 2.26 bits per heavy atom. The maximum Gasteiger partial charge on any atom is 0.249 e. The summed E-state index contributed by atoms with van der Waals surface area (Å²) in [6.45, 7) is 7.76. The summed E-state index contributed by atoms with van der Waals surface area (Å²) < 4.78 is 10.4. The van der Waals surface area contributed by atoms with Gasteiger partial charge in [-0.05, 0) is 19.9 Å². The molecule has 98 valence electrons. The summed E-state index contributed by atoms with van der Waals surface area (Å²) in [5.74, 6) is 0.159. The van der Waals surface area contributed by atoms with Crippen LogP contribution in [0.15, 0.2) is 47.4 Å². The number of ketones is 1. The van der Waals surface area contributed by atoms with Crippen molar-refractivity contribution in [2.45, 2.75) is 13.8 Å². The van der Waals surface area contributed by atoms with Crippen molar-refractivity contribution in [2.24, 2.45) is 0 Å². The van der Waals surface area contributed by atoms with Crippen LogP contribution in [-0.2, 0) is 4.74 Å². The third-order valence-electron chi connectivity index (χ3n) is 2.63. The first-order valence-corrected chi connectivity index (χ1v) is 6.00. The van der Waals surface area contributed by atoms with Crippen LogP contribution in [0.3, 0.4) is 0 Å². The maximum atomic E-state index is 12.1. The number of Topliss-reactive ketones (excluding diaryl/α,β-unsaturated/α-hetero) is 1. The van der Waals surface area contributed by atoms with Crippen LogP contribution in [0.2, 0.25) is 0 Å². The van der Waals surface area contributed by atoms with Crippen molar-refractivity contribution in [3.63, 3.8) is 0 Å². The number of ether oxygens (including phenoxy) is 1. The molecular weight excluding hydrogens is 242 g/mol. The van der Waals surface area contributed by atoms with Gasteiger partial charge in [-0.15, -0.1) is 0 Å². The van der Waals surface area contributed by atoms with Gasteiger partial charge in [-0.25, -0.2) is 4.98 Å². The van der Waals surface area contributed by atoms with E-state index in [2.05, 4.69) is 11.6 Å². The molecule has 19 heavy (non-hydrogen) atoms. The Balaban J connectivity index is 2.38. The number of aromatic nitrogens is 1. The first kappa shape index (κ1) is 13.1. The van der Waals surface area contributed by atoms with Gasteiger partial charge >= 0.3 is 0 Å². The highest BCUT2D eigenvalue weighted by Crippen LogP contribution is 2.25. The van der Waals surface area contributed by atoms with Crippen LogP contribution in [-0.4, -0.2) is 17.4 Å². The smallest absolute Gasteiger partial charge is 0.249 e. The Hall–Kier alpha value is -2.36. The van der Waals surface area contributed by atoms with Crippen LogP contribution >= 0.6 is 0 Å². The van der Waals surface area contributed by atoms with Crippen molar-refractivity contribution in [3.8, 4) is 11.3 Å². The van der Waals surface area contributed by atoms with Crippen molar-refractivity contribution in [1.29, 1.82) is 0 Å². The number of hydrogen-bond donors (Lipinski definition) is 0. The SMILES string of the molecule is C=C(OCC)C(=O)c1ncoc1-c1cccc(C)c1. The zero-order chi connectivity index (χ0) is 13.8. The van der Waals surface area contributed by atoms with Gasteiger partial charge in [0.05, 0.1) is 6.61 Å². The number of oxazole rings is 1. The molecule has 0 radical (unpaired) electrons. The summed E-state index contributed by atoms with van der Waals surface area (Å²) in [7, 11) is 0. The summed E-state index contributed by atoms with van der Waals surface area (Å²) in [6.07, 6.45) is 1.25. The van der Waals surface area contributed by atoms with Crippen LogP contribution in [0.25, 0.3) is 11.3 Å². The molecule has 0 aliphatic carbocycles. The monoisotopic (exact) mass is 257 g/mol. The van der Waals surface area contributed by atoms with Crippen LogP contribution in [0, 0.1) is 6.92 Å². The predicted octanol–water partition coefficient (Wildman–Crippen LogP) is 3.38. The van der Waals surface area contributed by atoms with E-state index in [1.165, 1.54) is 6.39 Å². The fraction of sp³-hybridized carbons (Fsp3) is 0.200. The first-order chi connectivity index (χ1) is 9.13. The van der Waals surface area contributed by atoms with Crippen LogP contribution in [0.4, 0.5) is 0 Å². The minimum absolute atomic E-state index is 0.0744. The van der Waals surface area contributed by atoms with Crippen LogP contribution in [0.5, 0.6) is 0 Å². The molecular formula is C15H15NO3. The van der Waals surface area contributed by atoms with Crippen LogP contribution < -0.4 is 0 Å². The summed E-state index contributed by atoms with van der Waals surface area (Å²) in [5.41, 5.74) is 2.12. The summed E-state index contributed by atoms with van der Waals surface area (Å²) in [4.78, 5) is 16.1. The summed E-state index contributed by atoms with van der Waals surface area (Å²) >= 11 is 0. The number of carbonyl (C=O) groups excluding carboxylic acids is 1. The van der Waals surface area contributed by atoms with Crippen molar-refractivity contribution in [3.05, 3.63) is 54.3 Å². The lowest BCUT2D eigenvalue weighted by molar-refractivity contribution is 0.0925. The molecule has 0 saturated heterocycles. The zero-order valence-electron chi connectivity index (χ0n) is 11.0. The second kappa shape index (κ2) is 5.52. The van der Waals surface area contributed by atoms with E-state index >= 15 is 0 Å². The number of carbonyl (C=O) groups is 1. The molecule has 2 rings (SSSR count). The molecule has 2 aromatic rings. The van der Waals surface area contributed by atoms with Gasteiger partial charge in [0.25, 0.3) is 0 Å². The van der Waals surface area contributed by atoms with Crippen molar-refractivity contribution >= 4 is 5.78 Å². The van der Waals surface area contributed by atoms with E-state index in [0.717, 1.165) is 11.1 Å². The molecule has 0 amide bonds. The Labute approximate surface area is 111 Å². The molecule has 0 N–H and O–H groups in total. The maximum absolute atomic E-state index is 12.1. The van der Waals surface area contributed by atoms with Gasteiger partial charge in [-0.2, -0.15) is 0 Å². The van der Waals surface area contributed by atoms with Gasteiger partial charge in [0.2, 0.25) is 5.78 Å². The molecule has 0 bridgehead atoms. The fourth-order valence-electron chi connectivity index (χ4n) is 1.77. The highest BCUT2D eigenvalue weighted by molar-refractivity contribution is 6.08. The number of rotatable bonds is 5. The topological polar surface area (TPSA) is 52.3 Å². The standard InChI is InChI=1S/C15H15NO3/c1-4-18-11(3)14(17)13-15(19-9-16-13)12-7-5-6-10(2)8-12/h5-9H,3-4H2,1-2H3. The Bertz CT molecular complexity index is 613. The molecule has 0 spiro atoms. The van der Waals surface area contributed by atoms with E-state index in [1.54, 1.807) is 6.92 Å². The average Bonchev–Trinajstić information content (AvgIpc) is 2.87. The van der Waals surface area contributed by atoms with Crippen LogP contribution in [0.1, 0.15) is 23.0 Å². The minimum Gasteiger partial charge on any atom is -0.490 e. The van der Waals surface area contributed by atoms with Crippen molar-refractivity contribution in [1.82, 2.24) is 4.98 Å². The Morgan fingerprint density at radius 1 is 1.47 bits per heavy atom. The third kappa shape index (κ3) is 2.73. The van der Waals surface area contributed by atoms with Gasteiger partial charge in [-0.1, -0.05) is 30.3 Å². The molecule has 1 aromatic carbocycles. The molecule has 0 fully saturated rings. The third-order valence-corrected chi connectivity index (χ3v) is 2.63. The van der Waals surface area contributed by atoms with E-state index < -0.39 is 0 Å². The predicted molar refractivity (Wildman–Crippen MR) is 71.8 cm³/mol. The number of benzene rings is 1. The summed E-state index contributed by atoms with van der Waals surface area (Å²) in [5, 5.41) is 0. The molecule has 1 aromatic heterocycles. The van der Waals surface area contributed by atoms with Crippen molar-refractivity contribution < 1.29 is 13.9 Å². The van der Waals surface area contributed by atoms with Gasteiger partial charge < -0.3 is 9.15 Å². The fourth-order valence-corrected chi connectivity index (χ4v) is 1.77. The average molecular weight is 257 g/mol. The van der Waals surface area contributed by atoms with Gasteiger partial charge in [0.1, 0.15) is 0 Å². The highest BCUT2D eigenvalue weighted by Gasteiger charge is 2.21. The first-order valence-electron chi connectivity index (χ1n) is 6.00. The molecule has 1 heterocycles. The van der Waals surface area contributed by atoms with Crippen molar-refractivity contribution in [2.75, 3.05) is 6.61 Å². The Kier molecular flexibility index (Phi) is 3.80. The molecule has 0 aliphatic rings. The van der Waals surface area contributed by atoms with Gasteiger partial charge in [-0.3, -0.25) is 4.79 Å². The molecule has 4 heteroatoms. The summed E-state index contributed by atoms with van der Waals surface area (Å²) in [6, 6.07) is 7.67. The Morgan fingerprint density at radius 3 is 2.95 bits per heavy atom. The second-order valence-electron chi connectivity index (χ2n) is 4.08. The minimum atomic E-state index is -0.355. The number of nitrogens with zero attached hydrogens (tertiary/aromatic N) is 1. The van der Waals surface area contributed by atoms with Gasteiger partial charge in [0, 0.05) is 5.56 Å². The quantitative estimate of drug-likeness (QED) is 0.468. The zero-order valence-corrected chi connectivity index (χ0v) is 11.0. The highest BCUT2D eigenvalue weighted by atomic mass is 16.5. The normalized spacial score (nSPS) is 10.2. The molecule has 0 unspecified atom stereocenters. The largest absolute Gasteiger partial charge is 0.490 e. The lowest BCUT2D eigenvalue weighted by atomic mass is 10.1. The lowest BCUT2D eigenvalue weighted by Crippen LogP contribution is -2.07. The number of allylic oxidation sites excluding steroid dienone is 1. The van der Waals surface area contributed by atoms with E-state index in [1.807, 2.05) is 31.2 Å². The number of hydrogen-bond acceptors (Lipinski definition) is 4. The van der Waals surface area contributed by atoms with E-state index in [-0.39, 0.29) is 17.2 Å². The second-order valence-corrected chi connectivity index (χ2v) is 4.08. The lowest BCUT2D eigenvalue weighted by Gasteiger charge is -2.05. The van der Waals surface area contributed by atoms with E-state index in [4.69, 9.17) is 9.15 Å².